The maximum absolute atomic E-state index is 11.5. The number of methoxy groups -OCH3 is 1. The standard InChI is InChI=1S/C13H17BrN2O4/c1-18-3-2-16-13(17)7-15-6-9-4-11-12(5-10(9)14)20-8-19-11/h4-5,15H,2-3,6-8H2,1H3,(H,16,17). The fourth-order valence-electron chi connectivity index (χ4n) is 1.76. The second kappa shape index (κ2) is 7.47. The highest BCUT2D eigenvalue weighted by Gasteiger charge is 2.16. The van der Waals surface area contributed by atoms with E-state index in [9.17, 15) is 4.79 Å². The molecule has 0 aliphatic carbocycles. The van der Waals surface area contributed by atoms with Crippen LogP contribution in [0.4, 0.5) is 0 Å². The summed E-state index contributed by atoms with van der Waals surface area (Å²) in [5, 5.41) is 5.82. The summed E-state index contributed by atoms with van der Waals surface area (Å²) in [5.41, 5.74) is 1.01. The van der Waals surface area contributed by atoms with Gasteiger partial charge >= 0.3 is 0 Å². The average Bonchev–Trinajstić information content (AvgIpc) is 2.86. The molecular formula is C13H17BrN2O4. The average molecular weight is 345 g/mol. The van der Waals surface area contributed by atoms with Gasteiger partial charge in [-0.15, -0.1) is 0 Å². The van der Waals surface area contributed by atoms with Gasteiger partial charge in [-0.05, 0) is 17.7 Å². The Bertz CT molecular complexity index is 482. The number of nitrogens with one attached hydrogen (secondary N) is 2. The van der Waals surface area contributed by atoms with Gasteiger partial charge in [0.15, 0.2) is 11.5 Å². The zero-order valence-corrected chi connectivity index (χ0v) is 12.8. The van der Waals surface area contributed by atoms with Gasteiger partial charge in [-0.25, -0.2) is 0 Å². The molecule has 1 aromatic carbocycles. The highest BCUT2D eigenvalue weighted by Crippen LogP contribution is 2.36. The van der Waals surface area contributed by atoms with Crippen molar-refractivity contribution in [3.8, 4) is 11.5 Å². The molecule has 20 heavy (non-hydrogen) atoms. The van der Waals surface area contributed by atoms with E-state index in [1.807, 2.05) is 12.1 Å². The smallest absolute Gasteiger partial charge is 0.234 e. The van der Waals surface area contributed by atoms with Crippen LogP contribution in [0, 0.1) is 0 Å². The number of hydrogen-bond donors (Lipinski definition) is 2. The molecule has 1 aliphatic rings. The van der Waals surface area contributed by atoms with Crippen LogP contribution >= 0.6 is 15.9 Å². The molecule has 110 valence electrons. The van der Waals surface area contributed by atoms with E-state index in [2.05, 4.69) is 26.6 Å². The number of carbonyl (C=O) groups is 1. The van der Waals surface area contributed by atoms with E-state index in [4.69, 9.17) is 14.2 Å². The molecule has 0 radical (unpaired) electrons. The predicted octanol–water partition coefficient (Wildman–Crippen LogP) is 1.03. The summed E-state index contributed by atoms with van der Waals surface area (Å²) in [6.45, 7) is 2.10. The molecule has 0 saturated heterocycles. The molecule has 0 saturated carbocycles. The van der Waals surface area contributed by atoms with Crippen LogP contribution in [0.25, 0.3) is 0 Å². The van der Waals surface area contributed by atoms with Crippen molar-refractivity contribution in [1.82, 2.24) is 10.6 Å². The highest BCUT2D eigenvalue weighted by molar-refractivity contribution is 9.10. The maximum Gasteiger partial charge on any atom is 0.234 e. The Kier molecular flexibility index (Phi) is 5.63. The Morgan fingerprint density at radius 3 is 2.90 bits per heavy atom. The second-order valence-corrected chi connectivity index (χ2v) is 5.10. The van der Waals surface area contributed by atoms with Crippen LogP contribution in [0.3, 0.4) is 0 Å². The minimum atomic E-state index is -0.0566. The highest BCUT2D eigenvalue weighted by atomic mass is 79.9. The molecule has 0 unspecified atom stereocenters. The molecule has 0 spiro atoms. The minimum Gasteiger partial charge on any atom is -0.454 e. The van der Waals surface area contributed by atoms with Crippen LogP contribution in [0.2, 0.25) is 0 Å². The molecule has 1 amide bonds. The molecule has 1 heterocycles. The van der Waals surface area contributed by atoms with Gasteiger partial charge in [0.2, 0.25) is 12.7 Å². The van der Waals surface area contributed by atoms with Crippen molar-refractivity contribution in [1.29, 1.82) is 0 Å². The molecule has 1 aliphatic heterocycles. The Morgan fingerprint density at radius 2 is 2.15 bits per heavy atom. The van der Waals surface area contributed by atoms with Gasteiger partial charge in [-0.2, -0.15) is 0 Å². The van der Waals surface area contributed by atoms with Gasteiger partial charge < -0.3 is 24.8 Å². The summed E-state index contributed by atoms with van der Waals surface area (Å²) < 4.78 is 16.4. The van der Waals surface area contributed by atoms with Crippen LogP contribution in [0.1, 0.15) is 5.56 Å². The second-order valence-electron chi connectivity index (χ2n) is 4.24. The normalized spacial score (nSPS) is 12.5. The van der Waals surface area contributed by atoms with E-state index >= 15 is 0 Å². The zero-order valence-electron chi connectivity index (χ0n) is 11.2. The number of benzene rings is 1. The molecule has 0 bridgehead atoms. The molecular weight excluding hydrogens is 328 g/mol. The van der Waals surface area contributed by atoms with Gasteiger partial charge in [0.25, 0.3) is 0 Å². The third kappa shape index (κ3) is 4.09. The SMILES string of the molecule is COCCNC(=O)CNCc1cc2c(cc1Br)OCO2. The van der Waals surface area contributed by atoms with Crippen molar-refractivity contribution in [2.45, 2.75) is 6.54 Å². The topological polar surface area (TPSA) is 68.8 Å². The molecule has 0 atom stereocenters. The molecule has 2 rings (SSSR count). The lowest BCUT2D eigenvalue weighted by molar-refractivity contribution is -0.120. The van der Waals surface area contributed by atoms with Crippen molar-refractivity contribution in [2.24, 2.45) is 0 Å². The number of fused-ring (bicyclic) bond motifs is 1. The van der Waals surface area contributed by atoms with Crippen molar-refractivity contribution in [2.75, 3.05) is 33.6 Å². The van der Waals surface area contributed by atoms with E-state index in [-0.39, 0.29) is 19.2 Å². The first-order chi connectivity index (χ1) is 9.70. The first kappa shape index (κ1) is 15.1. The van der Waals surface area contributed by atoms with E-state index in [1.54, 1.807) is 7.11 Å². The van der Waals surface area contributed by atoms with Gasteiger partial charge in [0.1, 0.15) is 0 Å². The van der Waals surface area contributed by atoms with Crippen molar-refractivity contribution in [3.05, 3.63) is 22.2 Å². The monoisotopic (exact) mass is 344 g/mol. The van der Waals surface area contributed by atoms with Crippen LogP contribution in [0.5, 0.6) is 11.5 Å². The van der Waals surface area contributed by atoms with Crippen LogP contribution in [-0.4, -0.2) is 39.5 Å². The summed E-state index contributed by atoms with van der Waals surface area (Å²) in [6.07, 6.45) is 0. The summed E-state index contributed by atoms with van der Waals surface area (Å²) in [6, 6.07) is 3.78. The van der Waals surface area contributed by atoms with E-state index in [0.29, 0.717) is 19.7 Å². The predicted molar refractivity (Wildman–Crippen MR) is 76.9 cm³/mol. The van der Waals surface area contributed by atoms with Crippen LogP contribution < -0.4 is 20.1 Å². The lowest BCUT2D eigenvalue weighted by Gasteiger charge is -2.08. The van der Waals surface area contributed by atoms with Crippen LogP contribution in [-0.2, 0) is 16.1 Å². The number of hydrogen-bond acceptors (Lipinski definition) is 5. The fraction of sp³-hybridized carbons (Fsp3) is 0.462. The quantitative estimate of drug-likeness (QED) is 0.723. The van der Waals surface area contributed by atoms with Crippen molar-refractivity contribution in [3.63, 3.8) is 0 Å². The third-order valence-corrected chi connectivity index (χ3v) is 3.51. The summed E-state index contributed by atoms with van der Waals surface area (Å²) in [7, 11) is 1.60. The number of halogens is 1. The van der Waals surface area contributed by atoms with Gasteiger partial charge in [-0.3, -0.25) is 4.79 Å². The van der Waals surface area contributed by atoms with Gasteiger partial charge in [0, 0.05) is 24.7 Å². The number of amides is 1. The molecule has 0 fully saturated rings. The number of carbonyl (C=O) groups excluding carboxylic acids is 1. The number of rotatable bonds is 7. The van der Waals surface area contributed by atoms with Crippen molar-refractivity contribution < 1.29 is 19.0 Å². The molecule has 6 nitrogen and oxygen atoms in total. The van der Waals surface area contributed by atoms with E-state index in [0.717, 1.165) is 21.5 Å². The molecule has 7 heteroatoms. The molecule has 0 aromatic heterocycles. The van der Waals surface area contributed by atoms with Crippen LogP contribution in [0.15, 0.2) is 16.6 Å². The molecule has 1 aromatic rings. The third-order valence-electron chi connectivity index (χ3n) is 2.77. The Labute approximate surface area is 125 Å². The minimum absolute atomic E-state index is 0.0566. The first-order valence-electron chi connectivity index (χ1n) is 6.25. The first-order valence-corrected chi connectivity index (χ1v) is 7.04. The Hall–Kier alpha value is -1.31. The lowest BCUT2D eigenvalue weighted by Crippen LogP contribution is -2.35. The summed E-state index contributed by atoms with van der Waals surface area (Å²) in [5.74, 6) is 1.41. The molecule has 2 N–H and O–H groups in total. The van der Waals surface area contributed by atoms with Gasteiger partial charge in [-0.1, -0.05) is 15.9 Å². The maximum atomic E-state index is 11.5. The lowest BCUT2D eigenvalue weighted by atomic mass is 10.2. The summed E-state index contributed by atoms with van der Waals surface area (Å²) in [4.78, 5) is 11.5. The van der Waals surface area contributed by atoms with Gasteiger partial charge in [0.05, 0.1) is 13.2 Å². The largest absolute Gasteiger partial charge is 0.454 e. The summed E-state index contributed by atoms with van der Waals surface area (Å²) >= 11 is 3.48. The zero-order chi connectivity index (χ0) is 14.4. The van der Waals surface area contributed by atoms with E-state index < -0.39 is 0 Å². The Balaban J connectivity index is 1.78. The van der Waals surface area contributed by atoms with E-state index in [1.165, 1.54) is 0 Å². The van der Waals surface area contributed by atoms with Crippen molar-refractivity contribution >= 4 is 21.8 Å². The fourth-order valence-corrected chi connectivity index (χ4v) is 2.22. The Morgan fingerprint density at radius 1 is 1.40 bits per heavy atom. The number of ether oxygens (including phenoxy) is 3.